The first-order valence-corrected chi connectivity index (χ1v) is 24.1. The predicted octanol–water partition coefficient (Wildman–Crippen LogP) is 17.4. The second-order valence-corrected chi connectivity index (χ2v) is 18.3. The van der Waals surface area contributed by atoms with Crippen molar-refractivity contribution in [2.75, 3.05) is 0 Å². The van der Waals surface area contributed by atoms with Crippen LogP contribution in [0.3, 0.4) is 0 Å². The highest BCUT2D eigenvalue weighted by molar-refractivity contribution is 6.34. The van der Waals surface area contributed by atoms with Crippen LogP contribution in [-0.4, -0.2) is 19.5 Å². The molecule has 11 aromatic carbocycles. The Morgan fingerprint density at radius 2 is 0.817 bits per heavy atom. The monoisotopic (exact) mass is 906 g/mol. The lowest BCUT2D eigenvalue weighted by molar-refractivity contribution is 0.669. The smallest absolute Gasteiger partial charge is 0.164 e. The van der Waals surface area contributed by atoms with Crippen molar-refractivity contribution >= 4 is 65.3 Å². The minimum Gasteiger partial charge on any atom is -0.456 e. The van der Waals surface area contributed by atoms with Crippen molar-refractivity contribution in [3.63, 3.8) is 0 Å². The molecule has 0 aliphatic carbocycles. The summed E-state index contributed by atoms with van der Waals surface area (Å²) >= 11 is 0. The molecule has 0 aliphatic heterocycles. The molecule has 0 aliphatic rings. The van der Waals surface area contributed by atoms with Crippen molar-refractivity contribution in [1.29, 1.82) is 0 Å². The van der Waals surface area contributed by atoms with Crippen LogP contribution in [-0.2, 0) is 7.05 Å². The van der Waals surface area contributed by atoms with Crippen molar-refractivity contribution in [3.05, 3.63) is 237 Å². The highest BCUT2D eigenvalue weighted by Crippen LogP contribution is 2.50. The number of nitrogens with zero attached hydrogens (tertiary/aromatic N) is 4. The van der Waals surface area contributed by atoms with Crippen molar-refractivity contribution in [2.45, 2.75) is 0 Å². The Hall–Kier alpha value is -9.45. The van der Waals surface area contributed by atoms with Crippen LogP contribution in [0.15, 0.2) is 241 Å². The summed E-state index contributed by atoms with van der Waals surface area (Å²) in [6.45, 7) is 0. The fourth-order valence-electron chi connectivity index (χ4n) is 11.0. The Bertz CT molecular complexity index is 4380. The molecular formula is C66H42N4O. The van der Waals surface area contributed by atoms with E-state index < -0.39 is 0 Å². The Morgan fingerprint density at radius 1 is 0.310 bits per heavy atom. The average molecular weight is 907 g/mol. The number of furan rings is 1. The van der Waals surface area contributed by atoms with Gasteiger partial charge in [-0.15, -0.1) is 0 Å². The summed E-state index contributed by atoms with van der Waals surface area (Å²) in [6.07, 6.45) is 0. The van der Waals surface area contributed by atoms with Gasteiger partial charge < -0.3 is 8.98 Å². The van der Waals surface area contributed by atoms with E-state index in [0.29, 0.717) is 17.5 Å². The van der Waals surface area contributed by atoms with E-state index in [-0.39, 0.29) is 0 Å². The number of benzene rings is 11. The van der Waals surface area contributed by atoms with Crippen LogP contribution >= 0.6 is 0 Å². The van der Waals surface area contributed by atoms with Gasteiger partial charge in [0.15, 0.2) is 17.5 Å². The lowest BCUT2D eigenvalue weighted by atomic mass is 9.86. The summed E-state index contributed by atoms with van der Waals surface area (Å²) < 4.78 is 8.82. The van der Waals surface area contributed by atoms with Gasteiger partial charge in [-0.05, 0) is 84.8 Å². The van der Waals surface area contributed by atoms with E-state index in [4.69, 9.17) is 19.4 Å². The zero-order valence-electron chi connectivity index (χ0n) is 38.7. The molecule has 14 rings (SSSR count). The zero-order chi connectivity index (χ0) is 47.0. The molecule has 0 amide bonds. The molecule has 71 heavy (non-hydrogen) atoms. The summed E-state index contributed by atoms with van der Waals surface area (Å²) in [6, 6.07) is 83.9. The third-order valence-electron chi connectivity index (χ3n) is 14.2. The molecule has 0 unspecified atom stereocenters. The first-order chi connectivity index (χ1) is 35.1. The third-order valence-corrected chi connectivity index (χ3v) is 14.2. The van der Waals surface area contributed by atoms with Crippen LogP contribution in [0.5, 0.6) is 0 Å². The van der Waals surface area contributed by atoms with E-state index >= 15 is 0 Å². The summed E-state index contributed by atoms with van der Waals surface area (Å²) in [5.74, 6) is 1.75. The van der Waals surface area contributed by atoms with Gasteiger partial charge in [0.05, 0.1) is 11.0 Å². The maximum absolute atomic E-state index is 6.39. The van der Waals surface area contributed by atoms with Gasteiger partial charge in [-0.1, -0.05) is 212 Å². The largest absolute Gasteiger partial charge is 0.456 e. The van der Waals surface area contributed by atoms with Crippen LogP contribution in [0.4, 0.5) is 0 Å². The lowest BCUT2D eigenvalue weighted by Gasteiger charge is -2.18. The highest BCUT2D eigenvalue weighted by atomic mass is 16.3. The fraction of sp³-hybridized carbons (Fsp3) is 0.0152. The van der Waals surface area contributed by atoms with E-state index in [2.05, 4.69) is 212 Å². The fourth-order valence-corrected chi connectivity index (χ4v) is 11.0. The van der Waals surface area contributed by atoms with E-state index in [1.807, 2.05) is 36.4 Å². The molecular weight excluding hydrogens is 865 g/mol. The number of para-hydroxylation sites is 1. The standard InChI is InChI=1S/C66H42N4O/c1-70-55-40-54(43-21-7-3-8-22-43)48-27-11-12-28-49(48)61(55)62-51-30-14-13-29-50(51)58(44-23-9-4-10-24-44)59(63(62)70)46-25-17-26-47(39-46)65-67-64(45-37-35-42(36-38-45)41-19-5-2-6-20-41)68-66(69-65)53-32-18-34-57-60(53)52-31-15-16-33-56(52)71-57/h2-40H,1H3. The van der Waals surface area contributed by atoms with Crippen LogP contribution < -0.4 is 0 Å². The molecule has 0 radical (unpaired) electrons. The van der Waals surface area contributed by atoms with E-state index in [1.54, 1.807) is 0 Å². The molecule has 0 saturated heterocycles. The normalized spacial score (nSPS) is 11.7. The highest BCUT2D eigenvalue weighted by Gasteiger charge is 2.26. The van der Waals surface area contributed by atoms with Crippen molar-refractivity contribution in [2.24, 2.45) is 7.05 Å². The van der Waals surface area contributed by atoms with Gasteiger partial charge in [0.1, 0.15) is 11.2 Å². The maximum Gasteiger partial charge on any atom is 0.164 e. The minimum absolute atomic E-state index is 0.576. The molecule has 3 heterocycles. The van der Waals surface area contributed by atoms with E-state index in [1.165, 1.54) is 60.0 Å². The quantitative estimate of drug-likeness (QED) is 0.160. The number of rotatable bonds is 7. The SMILES string of the molecule is Cn1c2cc(-c3ccccc3)c3ccccc3c2c2c3ccccc3c(-c3ccccc3)c(-c3cccc(-c4nc(-c5ccc(-c6ccccc6)cc5)nc(-c5cccc6oc7ccccc7c56)n4)c3)c21. The van der Waals surface area contributed by atoms with Gasteiger partial charge in [0.25, 0.3) is 0 Å². The first kappa shape index (κ1) is 40.6. The first-order valence-electron chi connectivity index (χ1n) is 24.1. The van der Waals surface area contributed by atoms with Gasteiger partial charge in [0, 0.05) is 50.8 Å². The van der Waals surface area contributed by atoms with Crippen molar-refractivity contribution in [3.8, 4) is 78.7 Å². The Kier molecular flexibility index (Phi) is 9.36. The van der Waals surface area contributed by atoms with Gasteiger partial charge >= 0.3 is 0 Å². The van der Waals surface area contributed by atoms with Gasteiger partial charge in [0.2, 0.25) is 0 Å². The summed E-state index contributed by atoms with van der Waals surface area (Å²) in [5, 5.41) is 9.35. The second-order valence-electron chi connectivity index (χ2n) is 18.3. The van der Waals surface area contributed by atoms with Crippen LogP contribution in [0.1, 0.15) is 0 Å². The number of fused-ring (bicyclic) bond motifs is 10. The Balaban J connectivity index is 1.04. The minimum atomic E-state index is 0.576. The van der Waals surface area contributed by atoms with E-state index in [0.717, 1.165) is 66.4 Å². The topological polar surface area (TPSA) is 56.7 Å². The third kappa shape index (κ3) is 6.58. The average Bonchev–Trinajstić information content (AvgIpc) is 3.98. The molecule has 5 nitrogen and oxygen atoms in total. The molecule has 5 heteroatoms. The zero-order valence-corrected chi connectivity index (χ0v) is 38.7. The molecule has 0 N–H and O–H groups in total. The number of aryl methyl sites for hydroxylation is 1. The van der Waals surface area contributed by atoms with Crippen molar-refractivity contribution in [1.82, 2.24) is 19.5 Å². The molecule has 0 fully saturated rings. The van der Waals surface area contributed by atoms with Gasteiger partial charge in [-0.2, -0.15) is 0 Å². The molecule has 3 aromatic heterocycles. The molecule has 0 spiro atoms. The number of hydrogen-bond donors (Lipinski definition) is 0. The molecule has 0 atom stereocenters. The van der Waals surface area contributed by atoms with Crippen LogP contribution in [0, 0.1) is 0 Å². The maximum atomic E-state index is 6.39. The number of hydrogen-bond acceptors (Lipinski definition) is 4. The number of aromatic nitrogens is 4. The molecule has 0 bridgehead atoms. The molecule has 14 aromatic rings. The van der Waals surface area contributed by atoms with Gasteiger partial charge in [-0.25, -0.2) is 15.0 Å². The van der Waals surface area contributed by atoms with Crippen LogP contribution in [0.2, 0.25) is 0 Å². The molecule has 332 valence electrons. The Morgan fingerprint density at radius 3 is 1.55 bits per heavy atom. The van der Waals surface area contributed by atoms with Gasteiger partial charge in [-0.3, -0.25) is 0 Å². The van der Waals surface area contributed by atoms with Crippen molar-refractivity contribution < 1.29 is 4.42 Å². The Labute approximate surface area is 409 Å². The van der Waals surface area contributed by atoms with Crippen LogP contribution in [0.25, 0.3) is 144 Å². The second kappa shape index (κ2) is 16.4. The molecule has 0 saturated carbocycles. The summed E-state index contributed by atoms with van der Waals surface area (Å²) in [4.78, 5) is 16.0. The lowest BCUT2D eigenvalue weighted by Crippen LogP contribution is -2.01. The summed E-state index contributed by atoms with van der Waals surface area (Å²) in [7, 11) is 2.23. The predicted molar refractivity (Wildman–Crippen MR) is 294 cm³/mol. The van der Waals surface area contributed by atoms with E-state index in [9.17, 15) is 0 Å². The summed E-state index contributed by atoms with van der Waals surface area (Å²) in [5.41, 5.74) is 15.8.